The third-order valence-corrected chi connectivity index (χ3v) is 4.52. The number of nitrogens with one attached hydrogen (secondary N) is 1. The SMILES string of the molecule is C(#Cc1ccccc1)CN1CCCCC1C1CCCN1. The molecule has 20 heavy (non-hydrogen) atoms. The Morgan fingerprint density at radius 1 is 1.10 bits per heavy atom. The average molecular weight is 268 g/mol. The highest BCUT2D eigenvalue weighted by atomic mass is 15.2. The fraction of sp³-hybridized carbons (Fsp3) is 0.556. The molecule has 1 N–H and O–H groups in total. The van der Waals surface area contributed by atoms with Gasteiger partial charge in [0.2, 0.25) is 0 Å². The van der Waals surface area contributed by atoms with Gasteiger partial charge in [-0.25, -0.2) is 0 Å². The van der Waals surface area contributed by atoms with E-state index in [4.69, 9.17) is 0 Å². The van der Waals surface area contributed by atoms with Crippen molar-refractivity contribution in [2.45, 2.75) is 44.2 Å². The second kappa shape index (κ2) is 6.92. The van der Waals surface area contributed by atoms with E-state index in [0.29, 0.717) is 12.1 Å². The average Bonchev–Trinajstić information content (AvgIpc) is 3.03. The first-order chi connectivity index (χ1) is 9.93. The zero-order valence-electron chi connectivity index (χ0n) is 12.1. The van der Waals surface area contributed by atoms with Gasteiger partial charge >= 0.3 is 0 Å². The first-order valence-corrected chi connectivity index (χ1v) is 7.95. The summed E-state index contributed by atoms with van der Waals surface area (Å²) in [6.07, 6.45) is 6.73. The quantitative estimate of drug-likeness (QED) is 0.830. The molecule has 1 aromatic rings. The Labute approximate surface area is 122 Å². The molecule has 0 aromatic heterocycles. The molecule has 2 aliphatic rings. The molecule has 2 atom stereocenters. The van der Waals surface area contributed by atoms with Crippen LogP contribution in [0.4, 0.5) is 0 Å². The van der Waals surface area contributed by atoms with Gasteiger partial charge in [0.25, 0.3) is 0 Å². The minimum Gasteiger partial charge on any atom is -0.312 e. The zero-order valence-corrected chi connectivity index (χ0v) is 12.1. The molecule has 0 amide bonds. The van der Waals surface area contributed by atoms with Gasteiger partial charge < -0.3 is 5.32 Å². The molecule has 0 saturated carbocycles. The van der Waals surface area contributed by atoms with E-state index in [-0.39, 0.29) is 0 Å². The summed E-state index contributed by atoms with van der Waals surface area (Å²) in [6, 6.07) is 11.7. The molecule has 2 heterocycles. The van der Waals surface area contributed by atoms with Crippen LogP contribution in [-0.4, -0.2) is 36.6 Å². The molecular formula is C18H24N2. The van der Waals surface area contributed by atoms with Crippen molar-refractivity contribution in [1.29, 1.82) is 0 Å². The number of rotatable bonds is 2. The van der Waals surface area contributed by atoms with Gasteiger partial charge in [0.05, 0.1) is 6.54 Å². The van der Waals surface area contributed by atoms with Crippen molar-refractivity contribution in [3.8, 4) is 11.8 Å². The zero-order chi connectivity index (χ0) is 13.6. The van der Waals surface area contributed by atoms with Gasteiger partial charge in [0.15, 0.2) is 0 Å². The molecule has 0 radical (unpaired) electrons. The highest BCUT2D eigenvalue weighted by Gasteiger charge is 2.30. The molecular weight excluding hydrogens is 244 g/mol. The van der Waals surface area contributed by atoms with Gasteiger partial charge in [-0.2, -0.15) is 0 Å². The Morgan fingerprint density at radius 2 is 2.00 bits per heavy atom. The minimum absolute atomic E-state index is 0.703. The predicted molar refractivity (Wildman–Crippen MR) is 83.6 cm³/mol. The molecule has 2 heteroatoms. The third-order valence-electron chi connectivity index (χ3n) is 4.52. The highest BCUT2D eigenvalue weighted by molar-refractivity contribution is 5.33. The third kappa shape index (κ3) is 3.42. The lowest BCUT2D eigenvalue weighted by Crippen LogP contribution is -2.50. The number of likely N-dealkylation sites (tertiary alicyclic amines) is 1. The van der Waals surface area contributed by atoms with E-state index in [1.165, 1.54) is 45.2 Å². The van der Waals surface area contributed by atoms with Crippen molar-refractivity contribution >= 4 is 0 Å². The van der Waals surface area contributed by atoms with Crippen LogP contribution in [0, 0.1) is 11.8 Å². The van der Waals surface area contributed by atoms with Crippen LogP contribution in [0.1, 0.15) is 37.7 Å². The molecule has 1 aromatic carbocycles. The number of piperidine rings is 1. The Hall–Kier alpha value is -1.30. The van der Waals surface area contributed by atoms with Crippen LogP contribution in [0.2, 0.25) is 0 Å². The largest absolute Gasteiger partial charge is 0.312 e. The Kier molecular flexibility index (Phi) is 4.73. The highest BCUT2D eigenvalue weighted by Crippen LogP contribution is 2.23. The summed E-state index contributed by atoms with van der Waals surface area (Å²) in [7, 11) is 0. The van der Waals surface area contributed by atoms with Gasteiger partial charge in [0.1, 0.15) is 0 Å². The maximum atomic E-state index is 3.67. The first kappa shape index (κ1) is 13.7. The van der Waals surface area contributed by atoms with E-state index >= 15 is 0 Å². The van der Waals surface area contributed by atoms with Gasteiger partial charge in [-0.15, -0.1) is 0 Å². The van der Waals surface area contributed by atoms with Crippen molar-refractivity contribution in [3.05, 3.63) is 35.9 Å². The summed E-state index contributed by atoms with van der Waals surface area (Å²) in [5.41, 5.74) is 1.13. The van der Waals surface area contributed by atoms with E-state index < -0.39 is 0 Å². The second-order valence-electron chi connectivity index (χ2n) is 5.90. The van der Waals surface area contributed by atoms with Crippen LogP contribution in [0.25, 0.3) is 0 Å². The summed E-state index contributed by atoms with van der Waals surface area (Å²) in [5.74, 6) is 6.66. The van der Waals surface area contributed by atoms with Gasteiger partial charge in [-0.1, -0.05) is 36.5 Å². The van der Waals surface area contributed by atoms with E-state index in [1.54, 1.807) is 0 Å². The summed E-state index contributed by atoms with van der Waals surface area (Å²) in [4.78, 5) is 2.60. The van der Waals surface area contributed by atoms with Crippen molar-refractivity contribution in [3.63, 3.8) is 0 Å². The van der Waals surface area contributed by atoms with Gasteiger partial charge in [-0.3, -0.25) is 4.90 Å². The van der Waals surface area contributed by atoms with Gasteiger partial charge in [0, 0.05) is 17.6 Å². The number of nitrogens with zero attached hydrogens (tertiary/aromatic N) is 1. The molecule has 2 saturated heterocycles. The molecule has 0 spiro atoms. The number of hydrogen-bond donors (Lipinski definition) is 1. The Bertz CT molecular complexity index is 465. The van der Waals surface area contributed by atoms with Crippen LogP contribution in [0.15, 0.2) is 30.3 Å². The topological polar surface area (TPSA) is 15.3 Å². The molecule has 106 valence electrons. The van der Waals surface area contributed by atoms with Gasteiger partial charge in [-0.05, 0) is 50.9 Å². The fourth-order valence-corrected chi connectivity index (χ4v) is 3.47. The van der Waals surface area contributed by atoms with Crippen LogP contribution >= 0.6 is 0 Å². The Balaban J connectivity index is 1.61. The van der Waals surface area contributed by atoms with E-state index in [1.807, 2.05) is 6.07 Å². The monoisotopic (exact) mass is 268 g/mol. The summed E-state index contributed by atoms with van der Waals surface area (Å²) >= 11 is 0. The maximum Gasteiger partial charge on any atom is 0.0608 e. The van der Waals surface area contributed by atoms with Crippen LogP contribution in [-0.2, 0) is 0 Å². The molecule has 2 nitrogen and oxygen atoms in total. The van der Waals surface area contributed by atoms with Crippen LogP contribution < -0.4 is 5.32 Å². The van der Waals surface area contributed by atoms with Crippen molar-refractivity contribution in [1.82, 2.24) is 10.2 Å². The lowest BCUT2D eigenvalue weighted by Gasteiger charge is -2.38. The standard InChI is InChI=1S/C18H24N2/c1-2-8-16(9-3-1)10-7-15-20-14-5-4-12-18(20)17-11-6-13-19-17/h1-3,8-9,17-19H,4-6,11-15H2. The smallest absolute Gasteiger partial charge is 0.0608 e. The Morgan fingerprint density at radius 3 is 2.80 bits per heavy atom. The molecule has 2 aliphatic heterocycles. The van der Waals surface area contributed by atoms with Crippen LogP contribution in [0.5, 0.6) is 0 Å². The summed E-state index contributed by atoms with van der Waals surface area (Å²) in [5, 5.41) is 3.67. The van der Waals surface area contributed by atoms with Crippen molar-refractivity contribution in [2.75, 3.05) is 19.6 Å². The molecule has 0 bridgehead atoms. The normalized spacial score (nSPS) is 27.0. The second-order valence-corrected chi connectivity index (χ2v) is 5.90. The minimum atomic E-state index is 0.703. The van der Waals surface area contributed by atoms with Crippen LogP contribution in [0.3, 0.4) is 0 Å². The molecule has 3 rings (SSSR count). The predicted octanol–water partition coefficient (Wildman–Crippen LogP) is 2.64. The summed E-state index contributed by atoms with van der Waals surface area (Å²) in [6.45, 7) is 3.33. The summed E-state index contributed by atoms with van der Waals surface area (Å²) < 4.78 is 0. The number of hydrogen-bond acceptors (Lipinski definition) is 2. The lowest BCUT2D eigenvalue weighted by atomic mass is 9.94. The molecule has 0 aliphatic carbocycles. The maximum absolute atomic E-state index is 3.67. The first-order valence-electron chi connectivity index (χ1n) is 7.95. The van der Waals surface area contributed by atoms with Crippen molar-refractivity contribution < 1.29 is 0 Å². The van der Waals surface area contributed by atoms with Crippen molar-refractivity contribution in [2.24, 2.45) is 0 Å². The van der Waals surface area contributed by atoms with E-state index in [9.17, 15) is 0 Å². The van der Waals surface area contributed by atoms with E-state index in [0.717, 1.165) is 12.1 Å². The molecule has 2 fully saturated rings. The van der Waals surface area contributed by atoms with E-state index in [2.05, 4.69) is 46.3 Å². The fourth-order valence-electron chi connectivity index (χ4n) is 3.47. The lowest BCUT2D eigenvalue weighted by molar-refractivity contribution is 0.137. The number of benzene rings is 1. The molecule has 2 unspecified atom stereocenters.